The minimum Gasteiger partial charge on any atom is -0.385 e. The summed E-state index contributed by atoms with van der Waals surface area (Å²) in [7, 11) is 1.66. The number of nitriles is 1. The molecule has 2 aromatic rings. The second kappa shape index (κ2) is 8.51. The van der Waals surface area contributed by atoms with Crippen LogP contribution in [0.5, 0.6) is 0 Å². The molecule has 0 radical (unpaired) electrons. The first-order valence-electron chi connectivity index (χ1n) is 7.24. The van der Waals surface area contributed by atoms with Gasteiger partial charge in [-0.2, -0.15) is 5.26 Å². The predicted molar refractivity (Wildman–Crippen MR) is 88.3 cm³/mol. The Hall–Kier alpha value is -2.91. The van der Waals surface area contributed by atoms with Crippen LogP contribution >= 0.6 is 0 Å². The number of pyridine rings is 1. The molecule has 2 N–H and O–H groups in total. The van der Waals surface area contributed by atoms with Crippen LogP contribution in [0.15, 0.2) is 42.6 Å². The summed E-state index contributed by atoms with van der Waals surface area (Å²) >= 11 is 0. The number of rotatable bonds is 7. The van der Waals surface area contributed by atoms with E-state index in [4.69, 9.17) is 10.00 Å². The van der Waals surface area contributed by atoms with Gasteiger partial charge in [0.05, 0.1) is 11.3 Å². The van der Waals surface area contributed by atoms with Crippen LogP contribution in [0.2, 0.25) is 0 Å². The monoisotopic (exact) mass is 310 g/mol. The molecule has 6 nitrogen and oxygen atoms in total. The quantitative estimate of drug-likeness (QED) is 0.768. The second-order valence-corrected chi connectivity index (χ2v) is 4.81. The van der Waals surface area contributed by atoms with Crippen molar-refractivity contribution in [3.05, 3.63) is 53.7 Å². The van der Waals surface area contributed by atoms with Gasteiger partial charge in [0, 0.05) is 32.0 Å². The number of anilines is 2. The van der Waals surface area contributed by atoms with Gasteiger partial charge >= 0.3 is 0 Å². The lowest BCUT2D eigenvalue weighted by Gasteiger charge is -2.09. The first-order valence-corrected chi connectivity index (χ1v) is 7.24. The zero-order valence-corrected chi connectivity index (χ0v) is 12.9. The van der Waals surface area contributed by atoms with Crippen molar-refractivity contribution in [3.63, 3.8) is 0 Å². The number of carbonyl (C=O) groups is 1. The smallest absolute Gasteiger partial charge is 0.255 e. The van der Waals surface area contributed by atoms with Crippen molar-refractivity contribution in [2.45, 2.75) is 6.42 Å². The molecule has 0 saturated heterocycles. The molecule has 0 atom stereocenters. The number of amides is 1. The molecule has 0 unspecified atom stereocenters. The van der Waals surface area contributed by atoms with E-state index in [0.717, 1.165) is 6.42 Å². The van der Waals surface area contributed by atoms with Gasteiger partial charge in [-0.15, -0.1) is 0 Å². The van der Waals surface area contributed by atoms with Crippen molar-refractivity contribution in [3.8, 4) is 6.07 Å². The van der Waals surface area contributed by atoms with Crippen LogP contribution < -0.4 is 10.6 Å². The Morgan fingerprint density at radius 1 is 1.35 bits per heavy atom. The Morgan fingerprint density at radius 3 is 2.96 bits per heavy atom. The van der Waals surface area contributed by atoms with Crippen molar-refractivity contribution >= 4 is 17.4 Å². The van der Waals surface area contributed by atoms with E-state index in [0.29, 0.717) is 35.8 Å². The molecule has 0 fully saturated rings. The molecule has 0 aliphatic heterocycles. The van der Waals surface area contributed by atoms with Gasteiger partial charge in [-0.1, -0.05) is 12.1 Å². The number of nitrogens with zero attached hydrogens (tertiary/aromatic N) is 2. The molecule has 1 aromatic heterocycles. The lowest BCUT2D eigenvalue weighted by Crippen LogP contribution is -2.14. The van der Waals surface area contributed by atoms with E-state index in [1.54, 1.807) is 49.7 Å². The van der Waals surface area contributed by atoms with Crippen molar-refractivity contribution < 1.29 is 9.53 Å². The molecule has 0 saturated carbocycles. The van der Waals surface area contributed by atoms with E-state index in [1.807, 2.05) is 0 Å². The van der Waals surface area contributed by atoms with Gasteiger partial charge in [0.2, 0.25) is 0 Å². The molecule has 6 heteroatoms. The molecule has 0 bridgehead atoms. The van der Waals surface area contributed by atoms with Crippen LogP contribution in [0.4, 0.5) is 11.5 Å². The van der Waals surface area contributed by atoms with Crippen molar-refractivity contribution in [2.75, 3.05) is 30.9 Å². The van der Waals surface area contributed by atoms with E-state index in [2.05, 4.69) is 21.7 Å². The number of hydrogen-bond donors (Lipinski definition) is 2. The highest BCUT2D eigenvalue weighted by Gasteiger charge is 2.09. The maximum absolute atomic E-state index is 12.3. The molecule has 0 aliphatic carbocycles. The second-order valence-electron chi connectivity index (χ2n) is 4.81. The largest absolute Gasteiger partial charge is 0.385 e. The summed E-state index contributed by atoms with van der Waals surface area (Å²) in [6, 6.07) is 12.2. The number of aromatic nitrogens is 1. The van der Waals surface area contributed by atoms with Gasteiger partial charge in [-0.3, -0.25) is 4.79 Å². The van der Waals surface area contributed by atoms with Crippen molar-refractivity contribution in [2.24, 2.45) is 0 Å². The Bertz CT molecular complexity index is 710. The summed E-state index contributed by atoms with van der Waals surface area (Å²) in [5, 5.41) is 14.9. The summed E-state index contributed by atoms with van der Waals surface area (Å²) < 4.78 is 4.98. The summed E-state index contributed by atoms with van der Waals surface area (Å²) in [5.41, 5.74) is 1.39. The molecular formula is C17H18N4O2. The van der Waals surface area contributed by atoms with E-state index in [9.17, 15) is 4.79 Å². The van der Waals surface area contributed by atoms with Gasteiger partial charge < -0.3 is 15.4 Å². The number of carbonyl (C=O) groups excluding carboxylic acids is 1. The minimum atomic E-state index is -0.282. The minimum absolute atomic E-state index is 0.282. The third kappa shape index (κ3) is 4.80. The van der Waals surface area contributed by atoms with Gasteiger partial charge in [0.15, 0.2) is 0 Å². The summed E-state index contributed by atoms with van der Waals surface area (Å²) in [5.74, 6) is 0.345. The van der Waals surface area contributed by atoms with Crippen LogP contribution in [0.3, 0.4) is 0 Å². The fourth-order valence-corrected chi connectivity index (χ4v) is 1.99. The van der Waals surface area contributed by atoms with E-state index in [-0.39, 0.29) is 5.91 Å². The van der Waals surface area contributed by atoms with E-state index < -0.39 is 0 Å². The number of nitrogens with one attached hydrogen (secondary N) is 2. The third-order valence-electron chi connectivity index (χ3n) is 3.15. The molecule has 2 rings (SSSR count). The molecule has 23 heavy (non-hydrogen) atoms. The Morgan fingerprint density at radius 2 is 2.17 bits per heavy atom. The normalized spacial score (nSPS) is 9.91. The number of hydrogen-bond acceptors (Lipinski definition) is 5. The zero-order valence-electron chi connectivity index (χ0n) is 12.9. The fourth-order valence-electron chi connectivity index (χ4n) is 1.99. The molecule has 0 aliphatic rings. The Kier molecular flexibility index (Phi) is 6.09. The molecule has 118 valence electrons. The number of para-hydroxylation sites is 1. The van der Waals surface area contributed by atoms with Gasteiger partial charge in [0.25, 0.3) is 5.91 Å². The SMILES string of the molecule is COCCCNc1cc(C(=O)Nc2ccccc2C#N)ccn1. The zero-order chi connectivity index (χ0) is 16.5. The first-order chi connectivity index (χ1) is 11.2. The highest BCUT2D eigenvalue weighted by atomic mass is 16.5. The number of benzene rings is 1. The standard InChI is InChI=1S/C17H18N4O2/c1-23-10-4-8-19-16-11-13(7-9-20-16)17(22)21-15-6-3-2-5-14(15)12-18/h2-3,5-7,9,11H,4,8,10H2,1H3,(H,19,20)(H,21,22). The van der Waals surface area contributed by atoms with Crippen LogP contribution in [0.25, 0.3) is 0 Å². The third-order valence-corrected chi connectivity index (χ3v) is 3.15. The molecule has 1 aromatic carbocycles. The van der Waals surface area contributed by atoms with Gasteiger partial charge in [-0.05, 0) is 30.7 Å². The van der Waals surface area contributed by atoms with Crippen LogP contribution in [-0.4, -0.2) is 31.2 Å². The topological polar surface area (TPSA) is 87.0 Å². The Labute approximate surface area is 135 Å². The number of methoxy groups -OCH3 is 1. The van der Waals surface area contributed by atoms with Gasteiger partial charge in [0.1, 0.15) is 11.9 Å². The van der Waals surface area contributed by atoms with Crippen molar-refractivity contribution in [1.82, 2.24) is 4.98 Å². The van der Waals surface area contributed by atoms with E-state index >= 15 is 0 Å². The Balaban J connectivity index is 2.03. The van der Waals surface area contributed by atoms with Crippen LogP contribution in [0, 0.1) is 11.3 Å². The lowest BCUT2D eigenvalue weighted by molar-refractivity contribution is 0.102. The molecule has 0 spiro atoms. The summed E-state index contributed by atoms with van der Waals surface area (Å²) in [6.45, 7) is 1.38. The average molecular weight is 310 g/mol. The highest BCUT2D eigenvalue weighted by molar-refractivity contribution is 6.05. The van der Waals surface area contributed by atoms with Crippen LogP contribution in [-0.2, 0) is 4.74 Å². The summed E-state index contributed by atoms with van der Waals surface area (Å²) in [6.07, 6.45) is 2.42. The van der Waals surface area contributed by atoms with Crippen LogP contribution in [0.1, 0.15) is 22.3 Å². The molecule has 1 amide bonds. The van der Waals surface area contributed by atoms with E-state index in [1.165, 1.54) is 0 Å². The lowest BCUT2D eigenvalue weighted by atomic mass is 10.2. The molecular weight excluding hydrogens is 292 g/mol. The predicted octanol–water partition coefficient (Wildman–Crippen LogP) is 2.65. The average Bonchev–Trinajstić information content (AvgIpc) is 2.59. The van der Waals surface area contributed by atoms with Gasteiger partial charge in [-0.25, -0.2) is 4.98 Å². The molecule has 1 heterocycles. The maximum Gasteiger partial charge on any atom is 0.255 e. The first kappa shape index (κ1) is 16.5. The summed E-state index contributed by atoms with van der Waals surface area (Å²) in [4.78, 5) is 16.5. The number of ether oxygens (including phenoxy) is 1. The van der Waals surface area contributed by atoms with Crippen molar-refractivity contribution in [1.29, 1.82) is 5.26 Å². The fraction of sp³-hybridized carbons (Fsp3) is 0.235. The highest BCUT2D eigenvalue weighted by Crippen LogP contribution is 2.15. The maximum atomic E-state index is 12.3.